The second-order valence-corrected chi connectivity index (χ2v) is 3.44. The lowest BCUT2D eigenvalue weighted by molar-refractivity contribution is -0.109. The van der Waals surface area contributed by atoms with Crippen molar-refractivity contribution in [3.8, 4) is 0 Å². The van der Waals surface area contributed by atoms with Gasteiger partial charge in [-0.1, -0.05) is 0 Å². The fraction of sp³-hybridized carbons (Fsp3) is 0.625. The van der Waals surface area contributed by atoms with E-state index in [4.69, 9.17) is 0 Å². The highest BCUT2D eigenvalue weighted by molar-refractivity contribution is 5.06. The molecule has 0 aliphatic heterocycles. The molecule has 2 rings (SSSR count). The summed E-state index contributed by atoms with van der Waals surface area (Å²) in [7, 11) is 0. The summed E-state index contributed by atoms with van der Waals surface area (Å²) in [6.45, 7) is 0. The van der Waals surface area contributed by atoms with Crippen LogP contribution in [0.4, 0.5) is 8.78 Å². The van der Waals surface area contributed by atoms with E-state index in [-0.39, 0.29) is 18.8 Å². The van der Waals surface area contributed by atoms with Crippen molar-refractivity contribution in [3.05, 3.63) is 18.0 Å². The minimum atomic E-state index is -2.39. The van der Waals surface area contributed by atoms with Crippen molar-refractivity contribution < 1.29 is 8.78 Å². The van der Waals surface area contributed by atoms with Gasteiger partial charge in [0.1, 0.15) is 0 Å². The highest BCUT2D eigenvalue weighted by Crippen LogP contribution is 2.43. The molecule has 1 aromatic rings. The van der Waals surface area contributed by atoms with Gasteiger partial charge in [0.25, 0.3) is 0 Å². The van der Waals surface area contributed by atoms with Crippen LogP contribution in [0, 0.1) is 5.92 Å². The molecule has 1 fully saturated rings. The first-order valence-electron chi connectivity index (χ1n) is 4.01. The van der Waals surface area contributed by atoms with E-state index in [0.29, 0.717) is 0 Å². The molecule has 12 heavy (non-hydrogen) atoms. The molecule has 0 saturated heterocycles. The summed E-state index contributed by atoms with van der Waals surface area (Å²) in [4.78, 5) is 0. The smallest absolute Gasteiger partial charge is 0.248 e. The van der Waals surface area contributed by atoms with E-state index in [1.807, 2.05) is 0 Å². The lowest BCUT2D eigenvalue weighted by Gasteiger charge is -2.34. The van der Waals surface area contributed by atoms with Crippen LogP contribution in [-0.2, 0) is 6.42 Å². The van der Waals surface area contributed by atoms with E-state index in [1.165, 1.54) is 0 Å². The van der Waals surface area contributed by atoms with E-state index < -0.39 is 5.92 Å². The van der Waals surface area contributed by atoms with E-state index in [0.717, 1.165) is 12.0 Å². The van der Waals surface area contributed by atoms with Crippen molar-refractivity contribution >= 4 is 0 Å². The van der Waals surface area contributed by atoms with Crippen molar-refractivity contribution in [3.63, 3.8) is 0 Å². The zero-order chi connectivity index (χ0) is 8.60. The summed E-state index contributed by atoms with van der Waals surface area (Å²) in [6.07, 6.45) is 4.26. The number of rotatable bonds is 2. The summed E-state index contributed by atoms with van der Waals surface area (Å²) in [6, 6.07) is 0. The molecule has 0 aromatic carbocycles. The van der Waals surface area contributed by atoms with Gasteiger partial charge in [0.15, 0.2) is 0 Å². The number of aromatic nitrogens is 2. The van der Waals surface area contributed by atoms with Crippen LogP contribution in [0.15, 0.2) is 12.4 Å². The van der Waals surface area contributed by atoms with Gasteiger partial charge in [-0.05, 0) is 17.9 Å². The number of nitrogens with zero attached hydrogens (tertiary/aromatic N) is 1. The summed E-state index contributed by atoms with van der Waals surface area (Å²) < 4.78 is 24.8. The molecule has 66 valence electrons. The molecular weight excluding hydrogens is 162 g/mol. The highest BCUT2D eigenvalue weighted by Gasteiger charge is 2.44. The quantitative estimate of drug-likeness (QED) is 0.726. The second-order valence-electron chi connectivity index (χ2n) is 3.44. The Morgan fingerprint density at radius 2 is 2.33 bits per heavy atom. The molecule has 0 radical (unpaired) electrons. The monoisotopic (exact) mass is 172 g/mol. The van der Waals surface area contributed by atoms with Gasteiger partial charge >= 0.3 is 0 Å². The number of H-pyrrole nitrogens is 1. The van der Waals surface area contributed by atoms with Gasteiger partial charge in [-0.2, -0.15) is 5.10 Å². The van der Waals surface area contributed by atoms with Crippen LogP contribution in [-0.4, -0.2) is 16.1 Å². The Balaban J connectivity index is 1.84. The molecule has 0 unspecified atom stereocenters. The number of alkyl halides is 2. The molecule has 4 heteroatoms. The third-order valence-electron chi connectivity index (χ3n) is 2.25. The van der Waals surface area contributed by atoms with Crippen molar-refractivity contribution in [2.24, 2.45) is 5.92 Å². The molecule has 1 heterocycles. The average molecular weight is 172 g/mol. The summed E-state index contributed by atoms with van der Waals surface area (Å²) in [5.74, 6) is -2.24. The summed E-state index contributed by atoms with van der Waals surface area (Å²) >= 11 is 0. The van der Waals surface area contributed by atoms with Crippen molar-refractivity contribution in [1.82, 2.24) is 10.2 Å². The lowest BCUT2D eigenvalue weighted by atomic mass is 9.78. The molecular formula is C8H10F2N2. The Morgan fingerprint density at radius 3 is 2.83 bits per heavy atom. The fourth-order valence-corrected chi connectivity index (χ4v) is 1.65. The predicted molar refractivity (Wildman–Crippen MR) is 40.0 cm³/mol. The Kier molecular flexibility index (Phi) is 1.63. The largest absolute Gasteiger partial charge is 0.285 e. The Bertz CT molecular complexity index is 248. The van der Waals surface area contributed by atoms with E-state index in [2.05, 4.69) is 10.2 Å². The van der Waals surface area contributed by atoms with Gasteiger partial charge < -0.3 is 0 Å². The molecule has 1 aromatic heterocycles. The predicted octanol–water partition coefficient (Wildman–Crippen LogP) is 2.00. The van der Waals surface area contributed by atoms with E-state index in [1.54, 1.807) is 12.4 Å². The summed E-state index contributed by atoms with van der Waals surface area (Å²) in [5.41, 5.74) is 1.02. The van der Waals surface area contributed by atoms with Gasteiger partial charge in [0.05, 0.1) is 6.20 Å². The highest BCUT2D eigenvalue weighted by atomic mass is 19.3. The maximum absolute atomic E-state index is 12.4. The lowest BCUT2D eigenvalue weighted by Crippen LogP contribution is -2.36. The van der Waals surface area contributed by atoms with Crippen LogP contribution in [0.1, 0.15) is 18.4 Å². The Morgan fingerprint density at radius 1 is 1.58 bits per heavy atom. The van der Waals surface area contributed by atoms with Crippen LogP contribution in [0.25, 0.3) is 0 Å². The van der Waals surface area contributed by atoms with Crippen LogP contribution in [0.2, 0.25) is 0 Å². The third kappa shape index (κ3) is 1.47. The zero-order valence-electron chi connectivity index (χ0n) is 6.56. The number of hydrogen-bond acceptors (Lipinski definition) is 1. The molecule has 1 saturated carbocycles. The standard InChI is InChI=1S/C8H10F2N2/c9-8(10)2-6(3-8)1-7-4-11-12-5-7/h4-6H,1-3H2,(H,11,12). The zero-order valence-corrected chi connectivity index (χ0v) is 6.56. The SMILES string of the molecule is FC1(F)CC(Cc2cn[nH]c2)C1. The number of aromatic amines is 1. The van der Waals surface area contributed by atoms with Crippen molar-refractivity contribution in [2.75, 3.05) is 0 Å². The second kappa shape index (κ2) is 2.54. The van der Waals surface area contributed by atoms with E-state index in [9.17, 15) is 8.78 Å². The molecule has 2 nitrogen and oxygen atoms in total. The van der Waals surface area contributed by atoms with Crippen molar-refractivity contribution in [2.45, 2.75) is 25.2 Å². The average Bonchev–Trinajstić information content (AvgIpc) is 2.35. The van der Waals surface area contributed by atoms with Crippen LogP contribution in [0.3, 0.4) is 0 Å². The van der Waals surface area contributed by atoms with Gasteiger partial charge in [0.2, 0.25) is 5.92 Å². The molecule has 0 bridgehead atoms. The van der Waals surface area contributed by atoms with Crippen LogP contribution >= 0.6 is 0 Å². The molecule has 0 atom stereocenters. The minimum Gasteiger partial charge on any atom is -0.285 e. The molecule has 1 aliphatic carbocycles. The molecule has 0 spiro atoms. The molecule has 0 amide bonds. The first-order chi connectivity index (χ1) is 5.66. The fourth-order valence-electron chi connectivity index (χ4n) is 1.65. The normalized spacial score (nSPS) is 22.2. The van der Waals surface area contributed by atoms with Gasteiger partial charge in [-0.3, -0.25) is 5.10 Å². The topological polar surface area (TPSA) is 28.7 Å². The number of halogens is 2. The Hall–Kier alpha value is -0.930. The number of hydrogen-bond donors (Lipinski definition) is 1. The van der Waals surface area contributed by atoms with Gasteiger partial charge in [0, 0.05) is 19.0 Å². The Labute approximate surface area is 69.0 Å². The molecule has 1 N–H and O–H groups in total. The molecule has 1 aliphatic rings. The van der Waals surface area contributed by atoms with Crippen LogP contribution in [0.5, 0.6) is 0 Å². The third-order valence-corrected chi connectivity index (χ3v) is 2.25. The van der Waals surface area contributed by atoms with Crippen LogP contribution < -0.4 is 0 Å². The maximum Gasteiger partial charge on any atom is 0.248 e. The minimum absolute atomic E-state index is 0.0399. The van der Waals surface area contributed by atoms with E-state index >= 15 is 0 Å². The van der Waals surface area contributed by atoms with Crippen molar-refractivity contribution in [1.29, 1.82) is 0 Å². The van der Waals surface area contributed by atoms with Gasteiger partial charge in [-0.25, -0.2) is 8.78 Å². The van der Waals surface area contributed by atoms with Gasteiger partial charge in [-0.15, -0.1) is 0 Å². The number of nitrogens with one attached hydrogen (secondary N) is 1. The maximum atomic E-state index is 12.4. The summed E-state index contributed by atoms with van der Waals surface area (Å²) in [5, 5.41) is 6.42. The first kappa shape index (κ1) is 7.71. The first-order valence-corrected chi connectivity index (χ1v) is 4.01.